The Bertz CT molecular complexity index is 341. The van der Waals surface area contributed by atoms with E-state index in [0.29, 0.717) is 16.3 Å². The molecule has 0 saturated heterocycles. The van der Waals surface area contributed by atoms with Crippen LogP contribution in [0, 0.1) is 0 Å². The van der Waals surface area contributed by atoms with Crippen LogP contribution in [-0.2, 0) is 16.0 Å². The standard InChI is InChI=1S/C9H10ClNO3/c1-14-9(12)4-6-2-3-7(10)5-8(6)11-13/h2-3,5,11,13H,4H2,1H3. The quantitative estimate of drug-likeness (QED) is 0.597. The minimum atomic E-state index is -0.371. The molecule has 1 aromatic rings. The van der Waals surface area contributed by atoms with Gasteiger partial charge in [-0.3, -0.25) is 15.5 Å². The van der Waals surface area contributed by atoms with E-state index in [1.807, 2.05) is 5.48 Å². The minimum absolute atomic E-state index is 0.0938. The molecule has 0 unspecified atom stereocenters. The van der Waals surface area contributed by atoms with Gasteiger partial charge in [0.1, 0.15) is 0 Å². The van der Waals surface area contributed by atoms with E-state index in [0.717, 1.165) is 0 Å². The highest BCUT2D eigenvalue weighted by atomic mass is 35.5. The zero-order valence-corrected chi connectivity index (χ0v) is 8.34. The first-order valence-electron chi connectivity index (χ1n) is 3.92. The number of nitrogens with one attached hydrogen (secondary N) is 1. The fourth-order valence-electron chi connectivity index (χ4n) is 1.03. The number of halogens is 1. The Balaban J connectivity index is 2.90. The zero-order chi connectivity index (χ0) is 10.6. The number of carbonyl (C=O) groups excluding carboxylic acids is 1. The Morgan fingerprint density at radius 1 is 1.64 bits per heavy atom. The highest BCUT2D eigenvalue weighted by molar-refractivity contribution is 6.30. The topological polar surface area (TPSA) is 58.6 Å². The molecule has 2 N–H and O–H groups in total. The van der Waals surface area contributed by atoms with Crippen molar-refractivity contribution >= 4 is 23.3 Å². The van der Waals surface area contributed by atoms with Crippen LogP contribution in [0.1, 0.15) is 5.56 Å². The molecule has 0 spiro atoms. The molecule has 1 rings (SSSR count). The number of methoxy groups -OCH3 is 1. The van der Waals surface area contributed by atoms with E-state index < -0.39 is 0 Å². The molecule has 0 bridgehead atoms. The van der Waals surface area contributed by atoms with Gasteiger partial charge in [0.2, 0.25) is 0 Å². The molecule has 0 aliphatic heterocycles. The Morgan fingerprint density at radius 2 is 2.36 bits per heavy atom. The molecule has 0 fully saturated rings. The molecule has 0 radical (unpaired) electrons. The van der Waals surface area contributed by atoms with Crippen LogP contribution >= 0.6 is 11.6 Å². The summed E-state index contributed by atoms with van der Waals surface area (Å²) in [7, 11) is 1.31. The summed E-state index contributed by atoms with van der Waals surface area (Å²) in [4.78, 5) is 11.0. The van der Waals surface area contributed by atoms with Crippen molar-refractivity contribution in [1.29, 1.82) is 0 Å². The molecule has 0 aliphatic carbocycles. The van der Waals surface area contributed by atoms with E-state index >= 15 is 0 Å². The van der Waals surface area contributed by atoms with Crippen LogP contribution < -0.4 is 5.48 Å². The summed E-state index contributed by atoms with van der Waals surface area (Å²) in [6, 6.07) is 4.82. The third-order valence-corrected chi connectivity index (χ3v) is 1.99. The predicted octanol–water partition coefficient (Wildman–Crippen LogP) is 1.86. The highest BCUT2D eigenvalue weighted by Gasteiger charge is 2.07. The number of benzene rings is 1. The summed E-state index contributed by atoms with van der Waals surface area (Å²) in [6.45, 7) is 0. The first-order valence-corrected chi connectivity index (χ1v) is 4.30. The summed E-state index contributed by atoms with van der Waals surface area (Å²) in [5.74, 6) is -0.371. The molecule has 76 valence electrons. The van der Waals surface area contributed by atoms with Crippen LogP contribution in [-0.4, -0.2) is 18.3 Å². The molecule has 0 amide bonds. The van der Waals surface area contributed by atoms with Gasteiger partial charge in [0.05, 0.1) is 19.2 Å². The van der Waals surface area contributed by atoms with Crippen molar-refractivity contribution in [2.45, 2.75) is 6.42 Å². The van der Waals surface area contributed by atoms with Gasteiger partial charge in [-0.2, -0.15) is 0 Å². The molecule has 4 nitrogen and oxygen atoms in total. The maximum atomic E-state index is 11.0. The Morgan fingerprint density at radius 3 is 2.93 bits per heavy atom. The van der Waals surface area contributed by atoms with Crippen molar-refractivity contribution in [3.8, 4) is 0 Å². The van der Waals surface area contributed by atoms with Crippen LogP contribution in [0.3, 0.4) is 0 Å². The first kappa shape index (κ1) is 10.8. The molecular weight excluding hydrogens is 206 g/mol. The van der Waals surface area contributed by atoms with Gasteiger partial charge >= 0.3 is 5.97 Å². The van der Waals surface area contributed by atoms with E-state index in [1.54, 1.807) is 12.1 Å². The van der Waals surface area contributed by atoms with E-state index in [4.69, 9.17) is 16.8 Å². The second-order valence-electron chi connectivity index (χ2n) is 2.67. The van der Waals surface area contributed by atoms with E-state index in [-0.39, 0.29) is 12.4 Å². The fraction of sp³-hybridized carbons (Fsp3) is 0.222. The van der Waals surface area contributed by atoms with Crippen LogP contribution in [0.4, 0.5) is 5.69 Å². The monoisotopic (exact) mass is 215 g/mol. The van der Waals surface area contributed by atoms with Crippen molar-refractivity contribution in [2.24, 2.45) is 0 Å². The number of carbonyl (C=O) groups is 1. The third kappa shape index (κ3) is 2.61. The summed E-state index contributed by atoms with van der Waals surface area (Å²) in [5.41, 5.74) is 3.01. The molecule has 0 aromatic heterocycles. The van der Waals surface area contributed by atoms with Crippen molar-refractivity contribution < 1.29 is 14.7 Å². The second kappa shape index (κ2) is 4.83. The minimum Gasteiger partial charge on any atom is -0.469 e. The third-order valence-electron chi connectivity index (χ3n) is 1.75. The molecule has 0 saturated carbocycles. The SMILES string of the molecule is COC(=O)Cc1ccc(Cl)cc1NO. The number of rotatable bonds is 3. The molecule has 0 aliphatic rings. The Labute approximate surface area is 86.4 Å². The smallest absolute Gasteiger partial charge is 0.310 e. The van der Waals surface area contributed by atoms with Crippen molar-refractivity contribution in [3.63, 3.8) is 0 Å². The second-order valence-corrected chi connectivity index (χ2v) is 3.10. The van der Waals surface area contributed by atoms with Gasteiger partial charge in [0.25, 0.3) is 0 Å². The summed E-state index contributed by atoms with van der Waals surface area (Å²) >= 11 is 5.70. The zero-order valence-electron chi connectivity index (χ0n) is 7.58. The van der Waals surface area contributed by atoms with Crippen molar-refractivity contribution in [2.75, 3.05) is 12.6 Å². The average Bonchev–Trinajstić information content (AvgIpc) is 2.20. The van der Waals surface area contributed by atoms with Gasteiger partial charge in [-0.25, -0.2) is 0 Å². The number of hydrogen-bond donors (Lipinski definition) is 2. The average molecular weight is 216 g/mol. The maximum Gasteiger partial charge on any atom is 0.310 e. The Hall–Kier alpha value is -1.26. The van der Waals surface area contributed by atoms with Crippen LogP contribution in [0.15, 0.2) is 18.2 Å². The molecule has 0 atom stereocenters. The number of ether oxygens (including phenoxy) is 1. The van der Waals surface area contributed by atoms with Gasteiger partial charge in [0.15, 0.2) is 0 Å². The summed E-state index contributed by atoms with van der Waals surface area (Å²) in [5, 5.41) is 9.25. The highest BCUT2D eigenvalue weighted by Crippen LogP contribution is 2.21. The lowest BCUT2D eigenvalue weighted by atomic mass is 10.1. The first-order chi connectivity index (χ1) is 6.67. The predicted molar refractivity (Wildman–Crippen MR) is 52.6 cm³/mol. The lowest BCUT2D eigenvalue weighted by Crippen LogP contribution is -2.06. The lowest BCUT2D eigenvalue weighted by Gasteiger charge is -2.07. The van der Waals surface area contributed by atoms with Crippen LogP contribution in [0.25, 0.3) is 0 Å². The molecule has 5 heteroatoms. The molecule has 0 heterocycles. The van der Waals surface area contributed by atoms with Gasteiger partial charge < -0.3 is 4.74 Å². The van der Waals surface area contributed by atoms with Gasteiger partial charge in [-0.1, -0.05) is 17.7 Å². The fourth-order valence-corrected chi connectivity index (χ4v) is 1.21. The largest absolute Gasteiger partial charge is 0.469 e. The Kier molecular flexibility index (Phi) is 3.73. The summed E-state index contributed by atoms with van der Waals surface area (Å²) in [6.07, 6.45) is 0.0938. The number of anilines is 1. The van der Waals surface area contributed by atoms with Gasteiger partial charge in [0, 0.05) is 5.02 Å². The normalized spacial score (nSPS) is 9.64. The molecular formula is C9H10ClNO3. The van der Waals surface area contributed by atoms with Crippen molar-refractivity contribution in [3.05, 3.63) is 28.8 Å². The lowest BCUT2D eigenvalue weighted by molar-refractivity contribution is -0.139. The van der Waals surface area contributed by atoms with E-state index in [2.05, 4.69) is 4.74 Å². The summed E-state index contributed by atoms with van der Waals surface area (Å²) < 4.78 is 4.50. The van der Waals surface area contributed by atoms with Gasteiger partial charge in [-0.15, -0.1) is 0 Å². The number of esters is 1. The van der Waals surface area contributed by atoms with Crippen LogP contribution in [0.2, 0.25) is 5.02 Å². The van der Waals surface area contributed by atoms with E-state index in [1.165, 1.54) is 13.2 Å². The van der Waals surface area contributed by atoms with Crippen molar-refractivity contribution in [1.82, 2.24) is 0 Å². The molecule has 1 aromatic carbocycles. The van der Waals surface area contributed by atoms with E-state index in [9.17, 15) is 4.79 Å². The maximum absolute atomic E-state index is 11.0. The number of hydrogen-bond acceptors (Lipinski definition) is 4. The van der Waals surface area contributed by atoms with Gasteiger partial charge in [-0.05, 0) is 17.7 Å². The molecule has 14 heavy (non-hydrogen) atoms. The van der Waals surface area contributed by atoms with Crippen LogP contribution in [0.5, 0.6) is 0 Å².